The summed E-state index contributed by atoms with van der Waals surface area (Å²) in [4.78, 5) is 12.3. The summed E-state index contributed by atoms with van der Waals surface area (Å²) in [6.45, 7) is 2.35. The van der Waals surface area contributed by atoms with Gasteiger partial charge < -0.3 is 14.8 Å². The molecule has 0 aliphatic carbocycles. The van der Waals surface area contributed by atoms with Crippen LogP contribution in [0.3, 0.4) is 0 Å². The Labute approximate surface area is 144 Å². The average Bonchev–Trinajstić information content (AvgIpc) is 2.97. The van der Waals surface area contributed by atoms with E-state index in [1.165, 1.54) is 0 Å². The van der Waals surface area contributed by atoms with Crippen LogP contribution >= 0.6 is 23.2 Å². The largest absolute Gasteiger partial charge is 0.493 e. The van der Waals surface area contributed by atoms with Gasteiger partial charge in [0.1, 0.15) is 11.5 Å². The molecule has 1 aliphatic rings. The maximum atomic E-state index is 12.3. The topological polar surface area (TPSA) is 47.6 Å². The molecular formula is C17H15Cl2NO3. The minimum Gasteiger partial charge on any atom is -0.493 e. The lowest BCUT2D eigenvalue weighted by Crippen LogP contribution is -2.30. The Balaban J connectivity index is 1.65. The van der Waals surface area contributed by atoms with Gasteiger partial charge in [-0.15, -0.1) is 0 Å². The normalized spacial score (nSPS) is 13.9. The third-order valence-electron chi connectivity index (χ3n) is 3.52. The highest BCUT2D eigenvalue weighted by atomic mass is 35.5. The van der Waals surface area contributed by atoms with Gasteiger partial charge in [-0.25, -0.2) is 0 Å². The second kappa shape index (κ2) is 6.69. The van der Waals surface area contributed by atoms with Gasteiger partial charge in [0, 0.05) is 17.1 Å². The maximum absolute atomic E-state index is 12.3. The van der Waals surface area contributed by atoms with E-state index in [2.05, 4.69) is 5.32 Å². The van der Waals surface area contributed by atoms with Crippen molar-refractivity contribution in [2.75, 3.05) is 11.9 Å². The van der Waals surface area contributed by atoms with Crippen LogP contribution < -0.4 is 14.8 Å². The van der Waals surface area contributed by atoms with Gasteiger partial charge in [-0.3, -0.25) is 4.79 Å². The standard InChI is InChI=1S/C17H15Cl2NO3/c1-10(23-16-4-2-12(18)9-14(16)19)17(21)20-13-3-5-15-11(8-13)6-7-22-15/h2-5,8-10H,6-7H2,1H3,(H,20,21)/t10-/m1/s1. The molecule has 2 aromatic carbocycles. The molecule has 2 aromatic rings. The molecule has 0 saturated carbocycles. The van der Waals surface area contributed by atoms with Gasteiger partial charge in [0.15, 0.2) is 6.10 Å². The zero-order valence-electron chi connectivity index (χ0n) is 12.4. The van der Waals surface area contributed by atoms with Gasteiger partial charge in [-0.1, -0.05) is 23.2 Å². The highest BCUT2D eigenvalue weighted by Gasteiger charge is 2.18. The van der Waals surface area contributed by atoms with Crippen molar-refractivity contribution in [3.05, 3.63) is 52.0 Å². The van der Waals surface area contributed by atoms with E-state index in [1.54, 1.807) is 25.1 Å². The third-order valence-corrected chi connectivity index (χ3v) is 4.05. The van der Waals surface area contributed by atoms with Crippen LogP contribution in [0.1, 0.15) is 12.5 Å². The molecule has 1 heterocycles. The molecule has 0 unspecified atom stereocenters. The number of nitrogens with one attached hydrogen (secondary N) is 1. The van der Waals surface area contributed by atoms with Crippen LogP contribution in [0.5, 0.6) is 11.5 Å². The van der Waals surface area contributed by atoms with Gasteiger partial charge in [0.2, 0.25) is 0 Å². The van der Waals surface area contributed by atoms with Crippen LogP contribution in [-0.2, 0) is 11.2 Å². The molecule has 4 nitrogen and oxygen atoms in total. The van der Waals surface area contributed by atoms with Crippen LogP contribution in [-0.4, -0.2) is 18.6 Å². The van der Waals surface area contributed by atoms with Gasteiger partial charge in [-0.2, -0.15) is 0 Å². The Morgan fingerprint density at radius 2 is 2.09 bits per heavy atom. The quantitative estimate of drug-likeness (QED) is 0.891. The maximum Gasteiger partial charge on any atom is 0.265 e. The van der Waals surface area contributed by atoms with Gasteiger partial charge in [-0.05, 0) is 48.9 Å². The molecule has 0 radical (unpaired) electrons. The number of benzene rings is 2. The monoisotopic (exact) mass is 351 g/mol. The van der Waals surface area contributed by atoms with Gasteiger partial charge in [0.05, 0.1) is 11.6 Å². The summed E-state index contributed by atoms with van der Waals surface area (Å²) in [6.07, 6.45) is 0.157. The van der Waals surface area contributed by atoms with Gasteiger partial charge >= 0.3 is 0 Å². The molecular weight excluding hydrogens is 337 g/mol. The van der Waals surface area contributed by atoms with Crippen molar-refractivity contribution in [1.82, 2.24) is 0 Å². The number of fused-ring (bicyclic) bond motifs is 1. The first kappa shape index (κ1) is 16.0. The van der Waals surface area contributed by atoms with Crippen molar-refractivity contribution in [2.45, 2.75) is 19.4 Å². The molecule has 3 rings (SSSR count). The zero-order chi connectivity index (χ0) is 16.4. The molecule has 1 N–H and O–H groups in total. The first-order valence-electron chi connectivity index (χ1n) is 7.21. The molecule has 1 atom stereocenters. The summed E-state index contributed by atoms with van der Waals surface area (Å²) in [7, 11) is 0. The van der Waals surface area contributed by atoms with Crippen molar-refractivity contribution in [3.8, 4) is 11.5 Å². The zero-order valence-corrected chi connectivity index (χ0v) is 13.9. The SMILES string of the molecule is C[C@@H](Oc1ccc(Cl)cc1Cl)C(=O)Nc1ccc2c(c1)CCO2. The lowest BCUT2D eigenvalue weighted by molar-refractivity contribution is -0.122. The fourth-order valence-corrected chi connectivity index (χ4v) is 2.78. The Morgan fingerprint density at radius 1 is 1.26 bits per heavy atom. The van der Waals surface area contributed by atoms with Crippen molar-refractivity contribution >= 4 is 34.8 Å². The van der Waals surface area contributed by atoms with Crippen molar-refractivity contribution in [2.24, 2.45) is 0 Å². The molecule has 0 bridgehead atoms. The first-order chi connectivity index (χ1) is 11.0. The number of rotatable bonds is 4. The van der Waals surface area contributed by atoms with Crippen LogP contribution in [0.2, 0.25) is 10.0 Å². The third kappa shape index (κ3) is 3.71. The number of hydrogen-bond donors (Lipinski definition) is 1. The predicted octanol–water partition coefficient (Wildman–Crippen LogP) is 4.33. The van der Waals surface area contributed by atoms with E-state index in [-0.39, 0.29) is 5.91 Å². The lowest BCUT2D eigenvalue weighted by atomic mass is 10.1. The first-order valence-corrected chi connectivity index (χ1v) is 7.97. The molecule has 6 heteroatoms. The second-order valence-electron chi connectivity index (χ2n) is 5.25. The second-order valence-corrected chi connectivity index (χ2v) is 6.09. The molecule has 1 aliphatic heterocycles. The van der Waals surface area contributed by atoms with E-state index in [0.29, 0.717) is 22.4 Å². The molecule has 0 spiro atoms. The summed E-state index contributed by atoms with van der Waals surface area (Å²) in [6, 6.07) is 10.5. The van der Waals surface area contributed by atoms with Crippen molar-refractivity contribution in [3.63, 3.8) is 0 Å². The van der Waals surface area contributed by atoms with E-state index in [1.807, 2.05) is 18.2 Å². The summed E-state index contributed by atoms with van der Waals surface area (Å²) in [5.74, 6) is 1.04. The van der Waals surface area contributed by atoms with Gasteiger partial charge in [0.25, 0.3) is 5.91 Å². The minimum absolute atomic E-state index is 0.255. The van der Waals surface area contributed by atoms with E-state index in [4.69, 9.17) is 32.7 Å². The fraction of sp³-hybridized carbons (Fsp3) is 0.235. The Kier molecular flexibility index (Phi) is 4.64. The Morgan fingerprint density at radius 3 is 2.87 bits per heavy atom. The number of hydrogen-bond acceptors (Lipinski definition) is 3. The number of ether oxygens (including phenoxy) is 2. The Bertz CT molecular complexity index is 749. The molecule has 120 valence electrons. The van der Waals surface area contributed by atoms with E-state index >= 15 is 0 Å². The molecule has 23 heavy (non-hydrogen) atoms. The Hall–Kier alpha value is -1.91. The lowest BCUT2D eigenvalue weighted by Gasteiger charge is -2.16. The van der Waals surface area contributed by atoms with Crippen LogP contribution in [0.25, 0.3) is 0 Å². The van der Waals surface area contributed by atoms with E-state index in [0.717, 1.165) is 23.4 Å². The smallest absolute Gasteiger partial charge is 0.265 e. The van der Waals surface area contributed by atoms with E-state index < -0.39 is 6.10 Å². The molecule has 0 aromatic heterocycles. The summed E-state index contributed by atoms with van der Waals surface area (Å²) in [5, 5.41) is 3.72. The molecule has 0 fully saturated rings. The molecule has 1 amide bonds. The number of carbonyl (C=O) groups is 1. The minimum atomic E-state index is -0.696. The highest BCUT2D eigenvalue weighted by Crippen LogP contribution is 2.29. The van der Waals surface area contributed by atoms with Crippen LogP contribution in [0, 0.1) is 0 Å². The average molecular weight is 352 g/mol. The number of halogens is 2. The summed E-state index contributed by atoms with van der Waals surface area (Å²) >= 11 is 11.9. The van der Waals surface area contributed by atoms with Crippen molar-refractivity contribution < 1.29 is 14.3 Å². The van der Waals surface area contributed by atoms with E-state index in [9.17, 15) is 4.79 Å². The predicted molar refractivity (Wildman–Crippen MR) is 90.8 cm³/mol. The molecule has 0 saturated heterocycles. The fourth-order valence-electron chi connectivity index (χ4n) is 2.32. The summed E-state index contributed by atoms with van der Waals surface area (Å²) < 4.78 is 11.0. The summed E-state index contributed by atoms with van der Waals surface area (Å²) in [5.41, 5.74) is 1.81. The van der Waals surface area contributed by atoms with Crippen LogP contribution in [0.4, 0.5) is 5.69 Å². The highest BCUT2D eigenvalue weighted by molar-refractivity contribution is 6.35. The number of anilines is 1. The van der Waals surface area contributed by atoms with Crippen molar-refractivity contribution in [1.29, 1.82) is 0 Å². The van der Waals surface area contributed by atoms with Crippen LogP contribution in [0.15, 0.2) is 36.4 Å². The number of carbonyl (C=O) groups excluding carboxylic acids is 1. The number of amides is 1.